The van der Waals surface area contributed by atoms with Gasteiger partial charge in [-0.2, -0.15) is 0 Å². The van der Waals surface area contributed by atoms with Crippen LogP contribution in [0, 0.1) is 17.8 Å². The molecule has 1 unspecified atom stereocenters. The van der Waals surface area contributed by atoms with E-state index in [9.17, 15) is 5.11 Å². The molecule has 0 aromatic carbocycles. The molecule has 0 bridgehead atoms. The molecule has 0 aliphatic carbocycles. The third-order valence-electron chi connectivity index (χ3n) is 1.95. The van der Waals surface area contributed by atoms with Gasteiger partial charge in [0.25, 0.3) is 0 Å². The minimum absolute atomic E-state index is 0.225. The molecule has 1 heteroatoms. The van der Waals surface area contributed by atoms with E-state index in [1.165, 1.54) is 0 Å². The molecule has 0 spiro atoms. The van der Waals surface area contributed by atoms with Crippen molar-refractivity contribution in [2.75, 3.05) is 0 Å². The minimum atomic E-state index is -0.379. The number of aliphatic hydroxyl groups is 1. The summed E-state index contributed by atoms with van der Waals surface area (Å²) in [5.74, 6) is 2.50. The van der Waals surface area contributed by atoms with Gasteiger partial charge in [0, 0.05) is 11.8 Å². The van der Waals surface area contributed by atoms with Crippen LogP contribution in [0.25, 0.3) is 0 Å². The van der Waals surface area contributed by atoms with Gasteiger partial charge < -0.3 is 5.11 Å². The van der Waals surface area contributed by atoms with E-state index in [4.69, 9.17) is 6.42 Å². The highest BCUT2D eigenvalue weighted by atomic mass is 16.3. The number of rotatable bonds is 4. The van der Waals surface area contributed by atoms with Crippen molar-refractivity contribution >= 4 is 0 Å². The van der Waals surface area contributed by atoms with Crippen LogP contribution in [0.2, 0.25) is 0 Å². The number of hydrogen-bond acceptors (Lipinski definition) is 1. The lowest BCUT2D eigenvalue weighted by Crippen LogP contribution is -2.26. The van der Waals surface area contributed by atoms with Crippen LogP contribution in [0.15, 0.2) is 12.7 Å². The Bertz CT molecular complexity index is 162. The van der Waals surface area contributed by atoms with Crippen LogP contribution in [-0.2, 0) is 0 Å². The first kappa shape index (κ1) is 10.3. The molecule has 0 amide bonds. The number of terminal acetylenes is 1. The second kappa shape index (κ2) is 4.20. The normalized spacial score (nSPS) is 13.6. The van der Waals surface area contributed by atoms with E-state index in [2.05, 4.69) is 12.5 Å². The summed E-state index contributed by atoms with van der Waals surface area (Å²) < 4.78 is 0. The predicted molar refractivity (Wildman–Crippen MR) is 48.1 cm³/mol. The van der Waals surface area contributed by atoms with Crippen molar-refractivity contribution in [2.45, 2.75) is 32.8 Å². The first-order valence-corrected chi connectivity index (χ1v) is 3.79. The molecule has 0 aliphatic heterocycles. The van der Waals surface area contributed by atoms with Gasteiger partial charge in [0.1, 0.15) is 0 Å². The summed E-state index contributed by atoms with van der Waals surface area (Å²) in [6.45, 7) is 7.54. The fraction of sp³-hybridized carbons (Fsp3) is 0.600. The van der Waals surface area contributed by atoms with E-state index >= 15 is 0 Å². The van der Waals surface area contributed by atoms with Gasteiger partial charge in [-0.25, -0.2) is 0 Å². The van der Waals surface area contributed by atoms with E-state index in [0.29, 0.717) is 12.8 Å². The highest BCUT2D eigenvalue weighted by molar-refractivity contribution is 4.95. The van der Waals surface area contributed by atoms with Crippen LogP contribution >= 0.6 is 0 Å². The summed E-state index contributed by atoms with van der Waals surface area (Å²) in [5.41, 5.74) is -0.225. The standard InChI is InChI=1S/C10H16O/c1-5-7-8-9(11)10(3,4)6-2/h1,6,9,11H,2,7-8H2,3-4H3. The molecule has 0 fully saturated rings. The van der Waals surface area contributed by atoms with Gasteiger partial charge in [-0.3, -0.25) is 0 Å². The largest absolute Gasteiger partial charge is 0.392 e. The molecule has 0 rings (SSSR count). The molecule has 0 heterocycles. The van der Waals surface area contributed by atoms with Gasteiger partial charge in [0.05, 0.1) is 6.10 Å². The number of aliphatic hydroxyl groups excluding tert-OH is 1. The summed E-state index contributed by atoms with van der Waals surface area (Å²) in [4.78, 5) is 0. The Morgan fingerprint density at radius 3 is 2.64 bits per heavy atom. The molecule has 1 nitrogen and oxygen atoms in total. The first-order valence-electron chi connectivity index (χ1n) is 3.79. The van der Waals surface area contributed by atoms with E-state index in [1.54, 1.807) is 6.08 Å². The maximum atomic E-state index is 9.54. The van der Waals surface area contributed by atoms with Crippen LogP contribution < -0.4 is 0 Å². The van der Waals surface area contributed by atoms with Crippen molar-refractivity contribution in [3.05, 3.63) is 12.7 Å². The summed E-state index contributed by atoms with van der Waals surface area (Å²) in [7, 11) is 0. The fourth-order valence-corrected chi connectivity index (χ4v) is 0.728. The lowest BCUT2D eigenvalue weighted by atomic mass is 9.84. The molecule has 0 aromatic rings. The Kier molecular flexibility index (Phi) is 3.92. The van der Waals surface area contributed by atoms with Gasteiger partial charge in [-0.05, 0) is 6.42 Å². The SMILES string of the molecule is C#CCCC(O)C(C)(C)C=C. The summed E-state index contributed by atoms with van der Waals surface area (Å²) in [5, 5.41) is 9.54. The molecule has 0 saturated carbocycles. The van der Waals surface area contributed by atoms with Crippen molar-refractivity contribution in [3.63, 3.8) is 0 Å². The Balaban J connectivity index is 3.92. The van der Waals surface area contributed by atoms with Gasteiger partial charge in [0.2, 0.25) is 0 Å². The first-order chi connectivity index (χ1) is 5.04. The zero-order valence-electron chi connectivity index (χ0n) is 7.30. The fourth-order valence-electron chi connectivity index (χ4n) is 0.728. The average Bonchev–Trinajstić information content (AvgIpc) is 2.00. The van der Waals surface area contributed by atoms with Gasteiger partial charge in [0.15, 0.2) is 0 Å². The number of hydrogen-bond donors (Lipinski definition) is 1. The molecular weight excluding hydrogens is 136 g/mol. The van der Waals surface area contributed by atoms with Gasteiger partial charge in [-0.1, -0.05) is 19.9 Å². The van der Waals surface area contributed by atoms with Crippen molar-refractivity contribution < 1.29 is 5.11 Å². The van der Waals surface area contributed by atoms with E-state index in [1.807, 2.05) is 13.8 Å². The van der Waals surface area contributed by atoms with Crippen LogP contribution in [0.4, 0.5) is 0 Å². The molecule has 1 N–H and O–H groups in total. The van der Waals surface area contributed by atoms with E-state index < -0.39 is 0 Å². The maximum absolute atomic E-state index is 9.54. The predicted octanol–water partition coefficient (Wildman–Crippen LogP) is 1.97. The Labute approximate surface area is 69.1 Å². The Morgan fingerprint density at radius 2 is 2.27 bits per heavy atom. The average molecular weight is 152 g/mol. The monoisotopic (exact) mass is 152 g/mol. The molecule has 0 saturated heterocycles. The smallest absolute Gasteiger partial charge is 0.0634 e. The molecule has 11 heavy (non-hydrogen) atoms. The maximum Gasteiger partial charge on any atom is 0.0634 e. The lowest BCUT2D eigenvalue weighted by Gasteiger charge is -2.26. The molecule has 62 valence electrons. The summed E-state index contributed by atoms with van der Waals surface area (Å²) in [6.07, 6.45) is 7.73. The van der Waals surface area contributed by atoms with Gasteiger partial charge >= 0.3 is 0 Å². The van der Waals surface area contributed by atoms with Crippen LogP contribution in [0.3, 0.4) is 0 Å². The topological polar surface area (TPSA) is 20.2 Å². The van der Waals surface area contributed by atoms with Gasteiger partial charge in [-0.15, -0.1) is 18.9 Å². The highest BCUT2D eigenvalue weighted by Gasteiger charge is 2.22. The minimum Gasteiger partial charge on any atom is -0.392 e. The van der Waals surface area contributed by atoms with Crippen molar-refractivity contribution in [3.8, 4) is 12.3 Å². The quantitative estimate of drug-likeness (QED) is 0.482. The van der Waals surface area contributed by atoms with Crippen molar-refractivity contribution in [2.24, 2.45) is 5.41 Å². The van der Waals surface area contributed by atoms with E-state index in [-0.39, 0.29) is 11.5 Å². The molecule has 0 aromatic heterocycles. The Hall–Kier alpha value is -0.740. The van der Waals surface area contributed by atoms with Crippen LogP contribution in [0.5, 0.6) is 0 Å². The Morgan fingerprint density at radius 1 is 1.73 bits per heavy atom. The highest BCUT2D eigenvalue weighted by Crippen LogP contribution is 2.24. The molecular formula is C10H16O. The third kappa shape index (κ3) is 3.25. The molecule has 1 atom stereocenters. The van der Waals surface area contributed by atoms with Crippen molar-refractivity contribution in [1.82, 2.24) is 0 Å². The lowest BCUT2D eigenvalue weighted by molar-refractivity contribution is 0.0756. The molecule has 0 aliphatic rings. The van der Waals surface area contributed by atoms with Crippen LogP contribution in [-0.4, -0.2) is 11.2 Å². The van der Waals surface area contributed by atoms with E-state index in [0.717, 1.165) is 0 Å². The zero-order valence-corrected chi connectivity index (χ0v) is 7.30. The third-order valence-corrected chi connectivity index (χ3v) is 1.95. The second-order valence-electron chi connectivity index (χ2n) is 3.28. The van der Waals surface area contributed by atoms with Crippen molar-refractivity contribution in [1.29, 1.82) is 0 Å². The van der Waals surface area contributed by atoms with Crippen LogP contribution in [0.1, 0.15) is 26.7 Å². The zero-order chi connectivity index (χ0) is 8.91. The second-order valence-corrected chi connectivity index (χ2v) is 3.28. The molecule has 0 radical (unpaired) electrons. The summed E-state index contributed by atoms with van der Waals surface area (Å²) in [6, 6.07) is 0. The summed E-state index contributed by atoms with van der Waals surface area (Å²) >= 11 is 0.